The third-order valence-corrected chi connectivity index (χ3v) is 2.88. The molecule has 0 aromatic rings. The second-order valence-corrected chi connectivity index (χ2v) is 5.08. The van der Waals surface area contributed by atoms with Gasteiger partial charge in [0.2, 0.25) is 0 Å². The molecule has 0 radical (unpaired) electrons. The van der Waals surface area contributed by atoms with Crippen molar-refractivity contribution in [2.45, 2.75) is 78.4 Å². The summed E-state index contributed by atoms with van der Waals surface area (Å²) >= 11 is 0. The topological polar surface area (TPSA) is 46.5 Å². The molecule has 0 aromatic carbocycles. The molecule has 0 aliphatic carbocycles. The summed E-state index contributed by atoms with van der Waals surface area (Å²) in [6.07, 6.45) is 5.53. The molecule has 0 saturated carbocycles. The molecule has 17 heavy (non-hydrogen) atoms. The van der Waals surface area contributed by atoms with Crippen molar-refractivity contribution in [3.05, 3.63) is 0 Å². The van der Waals surface area contributed by atoms with Crippen LogP contribution in [0.15, 0.2) is 0 Å². The Hall–Kier alpha value is -0.570. The summed E-state index contributed by atoms with van der Waals surface area (Å²) in [5.74, 6) is -0.155. The lowest BCUT2D eigenvalue weighted by Crippen LogP contribution is -2.23. The molecule has 102 valence electrons. The third kappa shape index (κ3) is 9.16. The van der Waals surface area contributed by atoms with Gasteiger partial charge in [-0.2, -0.15) is 0 Å². The third-order valence-electron chi connectivity index (χ3n) is 2.88. The van der Waals surface area contributed by atoms with E-state index in [2.05, 4.69) is 6.92 Å². The largest absolute Gasteiger partial charge is 0.462 e. The van der Waals surface area contributed by atoms with Crippen LogP contribution in [-0.2, 0) is 9.53 Å². The number of unbranched alkanes of at least 4 members (excludes halogenated alkanes) is 3. The van der Waals surface area contributed by atoms with Crippen LogP contribution in [0.2, 0.25) is 0 Å². The zero-order valence-electron chi connectivity index (χ0n) is 11.7. The number of rotatable bonds is 9. The summed E-state index contributed by atoms with van der Waals surface area (Å²) < 4.78 is 5.28. The molecular weight excluding hydrogens is 216 g/mol. The lowest BCUT2D eigenvalue weighted by atomic mass is 10.0. The molecule has 0 rings (SSSR count). The minimum absolute atomic E-state index is 0.0247. The molecule has 0 amide bonds. The fourth-order valence-corrected chi connectivity index (χ4v) is 1.84. The zero-order valence-corrected chi connectivity index (χ0v) is 11.7. The Morgan fingerprint density at radius 3 is 2.35 bits per heavy atom. The maximum absolute atomic E-state index is 11.7. The van der Waals surface area contributed by atoms with E-state index in [0.717, 1.165) is 12.8 Å². The van der Waals surface area contributed by atoms with Crippen LogP contribution in [0.1, 0.15) is 66.2 Å². The van der Waals surface area contributed by atoms with Gasteiger partial charge in [0.05, 0.1) is 12.0 Å². The molecule has 3 atom stereocenters. The molecule has 0 fully saturated rings. The van der Waals surface area contributed by atoms with E-state index < -0.39 is 6.10 Å². The standard InChI is InChI=1S/C14H28O3/c1-5-6-7-8-9-11(2)14(16)17-13(4)10-12(3)15/h11-13,15H,5-10H2,1-4H3/t11?,12-,13-/m1/s1. The van der Waals surface area contributed by atoms with Gasteiger partial charge in [-0.15, -0.1) is 0 Å². The molecule has 0 bridgehead atoms. The van der Waals surface area contributed by atoms with Crippen LogP contribution in [0.4, 0.5) is 0 Å². The summed E-state index contributed by atoms with van der Waals surface area (Å²) in [4.78, 5) is 11.7. The Bertz CT molecular complexity index is 202. The predicted molar refractivity (Wildman–Crippen MR) is 69.8 cm³/mol. The molecule has 0 saturated heterocycles. The van der Waals surface area contributed by atoms with E-state index in [-0.39, 0.29) is 18.0 Å². The Kier molecular flexibility index (Phi) is 9.14. The average Bonchev–Trinajstić information content (AvgIpc) is 2.22. The first-order valence-corrected chi connectivity index (χ1v) is 6.85. The lowest BCUT2D eigenvalue weighted by molar-refractivity contribution is -0.154. The van der Waals surface area contributed by atoms with E-state index >= 15 is 0 Å². The number of hydrogen-bond donors (Lipinski definition) is 1. The van der Waals surface area contributed by atoms with Crippen molar-refractivity contribution in [1.29, 1.82) is 0 Å². The predicted octanol–water partition coefficient (Wildman–Crippen LogP) is 3.30. The van der Waals surface area contributed by atoms with E-state index in [1.165, 1.54) is 19.3 Å². The number of esters is 1. The van der Waals surface area contributed by atoms with Crippen molar-refractivity contribution in [3.8, 4) is 0 Å². The highest BCUT2D eigenvalue weighted by Gasteiger charge is 2.17. The Morgan fingerprint density at radius 2 is 1.82 bits per heavy atom. The molecule has 1 unspecified atom stereocenters. The monoisotopic (exact) mass is 244 g/mol. The van der Waals surface area contributed by atoms with E-state index in [0.29, 0.717) is 6.42 Å². The van der Waals surface area contributed by atoms with E-state index in [1.807, 2.05) is 13.8 Å². The van der Waals surface area contributed by atoms with Gasteiger partial charge >= 0.3 is 5.97 Å². The van der Waals surface area contributed by atoms with Gasteiger partial charge in [-0.25, -0.2) is 0 Å². The second-order valence-electron chi connectivity index (χ2n) is 5.08. The highest BCUT2D eigenvalue weighted by molar-refractivity contribution is 5.72. The minimum atomic E-state index is -0.419. The summed E-state index contributed by atoms with van der Waals surface area (Å²) in [7, 11) is 0. The second kappa shape index (κ2) is 9.46. The Morgan fingerprint density at radius 1 is 1.18 bits per heavy atom. The van der Waals surface area contributed by atoms with Crippen LogP contribution >= 0.6 is 0 Å². The van der Waals surface area contributed by atoms with E-state index in [9.17, 15) is 9.90 Å². The van der Waals surface area contributed by atoms with Gasteiger partial charge in [0.25, 0.3) is 0 Å². The maximum Gasteiger partial charge on any atom is 0.308 e. The van der Waals surface area contributed by atoms with Crippen molar-refractivity contribution in [2.24, 2.45) is 5.92 Å². The molecule has 0 spiro atoms. The Labute approximate surface area is 106 Å². The fourth-order valence-electron chi connectivity index (χ4n) is 1.84. The SMILES string of the molecule is CCCCCCC(C)C(=O)O[C@H](C)C[C@@H](C)O. The summed E-state index contributed by atoms with van der Waals surface area (Å²) in [5.41, 5.74) is 0. The van der Waals surface area contributed by atoms with E-state index in [1.54, 1.807) is 6.92 Å². The molecule has 0 aromatic heterocycles. The van der Waals surface area contributed by atoms with Crippen molar-refractivity contribution in [2.75, 3.05) is 0 Å². The highest BCUT2D eigenvalue weighted by atomic mass is 16.5. The fraction of sp³-hybridized carbons (Fsp3) is 0.929. The molecule has 3 heteroatoms. The van der Waals surface area contributed by atoms with Crippen LogP contribution < -0.4 is 0 Å². The van der Waals surface area contributed by atoms with Crippen molar-refractivity contribution < 1.29 is 14.6 Å². The van der Waals surface area contributed by atoms with Crippen LogP contribution in [-0.4, -0.2) is 23.3 Å². The smallest absolute Gasteiger partial charge is 0.308 e. The normalized spacial score (nSPS) is 16.3. The van der Waals surface area contributed by atoms with Gasteiger partial charge in [-0.3, -0.25) is 4.79 Å². The quantitative estimate of drug-likeness (QED) is 0.500. The first kappa shape index (κ1) is 16.4. The zero-order chi connectivity index (χ0) is 13.3. The lowest BCUT2D eigenvalue weighted by Gasteiger charge is -2.17. The number of aliphatic hydroxyl groups is 1. The first-order chi connectivity index (χ1) is 7.97. The molecule has 1 N–H and O–H groups in total. The van der Waals surface area contributed by atoms with Gasteiger partial charge in [0.15, 0.2) is 0 Å². The minimum Gasteiger partial charge on any atom is -0.462 e. The number of aliphatic hydroxyl groups excluding tert-OH is 1. The van der Waals surface area contributed by atoms with Gasteiger partial charge in [0, 0.05) is 6.42 Å². The highest BCUT2D eigenvalue weighted by Crippen LogP contribution is 2.14. The van der Waals surface area contributed by atoms with Gasteiger partial charge in [-0.05, 0) is 20.3 Å². The van der Waals surface area contributed by atoms with E-state index in [4.69, 9.17) is 4.74 Å². The average molecular weight is 244 g/mol. The summed E-state index contributed by atoms with van der Waals surface area (Å²) in [6.45, 7) is 7.63. The van der Waals surface area contributed by atoms with Gasteiger partial charge in [0.1, 0.15) is 6.10 Å². The number of hydrogen-bond acceptors (Lipinski definition) is 3. The van der Waals surface area contributed by atoms with Gasteiger partial charge < -0.3 is 9.84 Å². The van der Waals surface area contributed by atoms with Crippen LogP contribution in [0.3, 0.4) is 0 Å². The van der Waals surface area contributed by atoms with Crippen LogP contribution in [0, 0.1) is 5.92 Å². The number of carbonyl (C=O) groups is 1. The molecule has 3 nitrogen and oxygen atoms in total. The van der Waals surface area contributed by atoms with Gasteiger partial charge in [-0.1, -0.05) is 39.5 Å². The molecular formula is C14H28O3. The maximum atomic E-state index is 11.7. The number of ether oxygens (including phenoxy) is 1. The summed E-state index contributed by atoms with van der Waals surface area (Å²) in [5, 5.41) is 9.18. The molecule has 0 aliphatic heterocycles. The van der Waals surface area contributed by atoms with Crippen molar-refractivity contribution >= 4 is 5.97 Å². The van der Waals surface area contributed by atoms with Crippen molar-refractivity contribution in [3.63, 3.8) is 0 Å². The van der Waals surface area contributed by atoms with Crippen LogP contribution in [0.5, 0.6) is 0 Å². The molecule has 0 aliphatic rings. The first-order valence-electron chi connectivity index (χ1n) is 6.85. The Balaban J connectivity index is 3.73. The van der Waals surface area contributed by atoms with Crippen LogP contribution in [0.25, 0.3) is 0 Å². The molecule has 0 heterocycles. The van der Waals surface area contributed by atoms with Crippen molar-refractivity contribution in [1.82, 2.24) is 0 Å². The summed E-state index contributed by atoms with van der Waals surface area (Å²) in [6, 6.07) is 0. The number of carbonyl (C=O) groups excluding carboxylic acids is 1.